The maximum absolute atomic E-state index is 13.9. The molecule has 8 heteroatoms. The van der Waals surface area contributed by atoms with Crippen LogP contribution in [-0.2, 0) is 11.3 Å². The lowest BCUT2D eigenvalue weighted by atomic mass is 9.84. The molecule has 1 aliphatic heterocycles. The van der Waals surface area contributed by atoms with E-state index in [0.717, 1.165) is 63.6 Å². The van der Waals surface area contributed by atoms with Crippen LogP contribution in [0, 0.1) is 11.7 Å². The summed E-state index contributed by atoms with van der Waals surface area (Å²) in [6.07, 6.45) is 3.34. The van der Waals surface area contributed by atoms with Crippen LogP contribution < -0.4 is 10.1 Å². The van der Waals surface area contributed by atoms with Crippen LogP contribution in [-0.4, -0.2) is 87.0 Å². The number of nitrogens with one attached hydrogen (secondary N) is 1. The van der Waals surface area contributed by atoms with E-state index in [-0.39, 0.29) is 17.5 Å². The predicted molar refractivity (Wildman–Crippen MR) is 116 cm³/mol. The minimum atomic E-state index is -0.360. The van der Waals surface area contributed by atoms with Crippen LogP contribution >= 0.6 is 0 Å². The Kier molecular flexibility index (Phi) is 7.90. The molecule has 30 heavy (non-hydrogen) atoms. The second-order valence-electron chi connectivity index (χ2n) is 8.09. The largest absolute Gasteiger partial charge is 0.494 e. The van der Waals surface area contributed by atoms with Crippen LogP contribution in [0.25, 0.3) is 0 Å². The molecule has 1 aromatic rings. The van der Waals surface area contributed by atoms with Crippen molar-refractivity contribution < 1.29 is 13.9 Å². The first-order chi connectivity index (χ1) is 14.5. The topological polar surface area (TPSA) is 60.4 Å². The first-order valence-electron chi connectivity index (χ1n) is 10.8. The van der Waals surface area contributed by atoms with E-state index in [1.54, 1.807) is 13.1 Å². The van der Waals surface area contributed by atoms with Gasteiger partial charge in [0, 0.05) is 65.8 Å². The second-order valence-corrected chi connectivity index (χ2v) is 8.09. The summed E-state index contributed by atoms with van der Waals surface area (Å²) in [5.74, 6) is 1.30. The molecule has 2 fully saturated rings. The zero-order chi connectivity index (χ0) is 21.5. The van der Waals surface area contributed by atoms with Crippen molar-refractivity contribution in [2.45, 2.75) is 25.8 Å². The van der Waals surface area contributed by atoms with Crippen LogP contribution in [0.1, 0.15) is 24.8 Å². The Labute approximate surface area is 178 Å². The van der Waals surface area contributed by atoms with Crippen LogP contribution in [0.4, 0.5) is 4.39 Å². The Hall–Kier alpha value is -2.35. The number of hydrogen-bond donors (Lipinski definition) is 1. The average Bonchev–Trinajstić information content (AvgIpc) is 2.70. The Bertz CT molecular complexity index is 745. The molecule has 0 unspecified atom stereocenters. The van der Waals surface area contributed by atoms with Gasteiger partial charge in [0.2, 0.25) is 5.91 Å². The zero-order valence-electron chi connectivity index (χ0n) is 18.4. The van der Waals surface area contributed by atoms with Gasteiger partial charge in [-0.3, -0.25) is 14.7 Å². The van der Waals surface area contributed by atoms with Gasteiger partial charge in [-0.2, -0.15) is 0 Å². The molecule has 1 aromatic carbocycles. The second kappa shape index (κ2) is 10.6. The molecule has 1 N–H and O–H groups in total. The van der Waals surface area contributed by atoms with E-state index in [1.165, 1.54) is 19.6 Å². The minimum absolute atomic E-state index is 0.249. The number of carbonyl (C=O) groups excluding carboxylic acids is 1. The lowest BCUT2D eigenvalue weighted by Crippen LogP contribution is -2.52. The zero-order valence-corrected chi connectivity index (χ0v) is 18.4. The van der Waals surface area contributed by atoms with Crippen molar-refractivity contribution in [1.29, 1.82) is 0 Å². The third kappa shape index (κ3) is 5.62. The smallest absolute Gasteiger partial charge is 0.225 e. The Morgan fingerprint density at radius 2 is 2.03 bits per heavy atom. The van der Waals surface area contributed by atoms with Gasteiger partial charge in [0.25, 0.3) is 0 Å². The van der Waals surface area contributed by atoms with Crippen molar-refractivity contribution in [3.05, 3.63) is 29.6 Å². The number of hydrogen-bond acceptors (Lipinski definition) is 4. The fraction of sp³-hybridized carbons (Fsp3) is 0.636. The monoisotopic (exact) mass is 419 g/mol. The maximum Gasteiger partial charge on any atom is 0.225 e. The lowest BCUT2D eigenvalue weighted by molar-refractivity contribution is -0.139. The molecule has 7 nitrogen and oxygen atoms in total. The minimum Gasteiger partial charge on any atom is -0.494 e. The van der Waals surface area contributed by atoms with E-state index in [9.17, 15) is 9.18 Å². The van der Waals surface area contributed by atoms with E-state index >= 15 is 0 Å². The highest BCUT2D eigenvalue weighted by atomic mass is 19.1. The van der Waals surface area contributed by atoms with Crippen molar-refractivity contribution in [2.75, 3.05) is 60.5 Å². The van der Waals surface area contributed by atoms with E-state index in [4.69, 9.17) is 4.74 Å². The highest BCUT2D eigenvalue weighted by Crippen LogP contribution is 2.28. The summed E-state index contributed by atoms with van der Waals surface area (Å²) in [4.78, 5) is 23.1. The van der Waals surface area contributed by atoms with Crippen molar-refractivity contribution in [3.8, 4) is 5.75 Å². The van der Waals surface area contributed by atoms with Gasteiger partial charge in [0.15, 0.2) is 17.5 Å². The summed E-state index contributed by atoms with van der Waals surface area (Å²) in [6, 6.07) is 4.99. The number of benzene rings is 1. The first kappa shape index (κ1) is 22.3. The Morgan fingerprint density at radius 3 is 2.60 bits per heavy atom. The molecule has 1 aliphatic carbocycles. The third-order valence-electron chi connectivity index (χ3n) is 6.06. The number of aliphatic imine (C=N–C) groups is 1. The molecule has 2 aliphatic rings. The number of guanidine groups is 1. The lowest BCUT2D eigenvalue weighted by Gasteiger charge is -2.38. The van der Waals surface area contributed by atoms with Gasteiger partial charge < -0.3 is 19.9 Å². The van der Waals surface area contributed by atoms with Crippen molar-refractivity contribution in [2.24, 2.45) is 10.9 Å². The van der Waals surface area contributed by atoms with Crippen LogP contribution in [0.15, 0.2) is 23.2 Å². The normalized spacial score (nSPS) is 18.1. The molecular weight excluding hydrogens is 385 g/mol. The van der Waals surface area contributed by atoms with Gasteiger partial charge >= 0.3 is 0 Å². The molecule has 3 rings (SSSR count). The number of amides is 1. The summed E-state index contributed by atoms with van der Waals surface area (Å²) in [6.45, 7) is 5.70. The molecule has 1 heterocycles. The van der Waals surface area contributed by atoms with Gasteiger partial charge in [-0.1, -0.05) is 12.5 Å². The fourth-order valence-electron chi connectivity index (χ4n) is 3.97. The van der Waals surface area contributed by atoms with E-state index in [1.807, 2.05) is 22.9 Å². The number of rotatable bonds is 7. The van der Waals surface area contributed by atoms with Crippen molar-refractivity contribution in [3.63, 3.8) is 0 Å². The van der Waals surface area contributed by atoms with Crippen LogP contribution in [0.3, 0.4) is 0 Å². The summed E-state index contributed by atoms with van der Waals surface area (Å²) in [5, 5.41) is 3.38. The molecule has 1 saturated heterocycles. The number of halogens is 1. The molecule has 0 bridgehead atoms. The fourth-order valence-corrected chi connectivity index (χ4v) is 3.97. The van der Waals surface area contributed by atoms with Crippen LogP contribution in [0.5, 0.6) is 5.75 Å². The standard InChI is InChI=1S/C22H34FN5O2/c1-24-22(26(2)16-17-7-8-20(30-3)19(23)15-17)25-9-10-27-11-13-28(14-12-27)21(29)18-5-4-6-18/h7-8,15,18H,4-6,9-14,16H2,1-3H3,(H,24,25). The van der Waals surface area contributed by atoms with E-state index in [2.05, 4.69) is 15.2 Å². The molecule has 1 amide bonds. The molecule has 166 valence electrons. The molecule has 0 spiro atoms. The summed E-state index contributed by atoms with van der Waals surface area (Å²) >= 11 is 0. The van der Waals surface area contributed by atoms with Gasteiger partial charge in [-0.05, 0) is 30.5 Å². The number of ether oxygens (including phenoxy) is 1. The SMILES string of the molecule is CN=C(NCCN1CCN(C(=O)C2CCC2)CC1)N(C)Cc1ccc(OC)c(F)c1. The van der Waals surface area contributed by atoms with Gasteiger partial charge in [0.1, 0.15) is 0 Å². The quantitative estimate of drug-likeness (QED) is 0.539. The van der Waals surface area contributed by atoms with E-state index in [0.29, 0.717) is 12.5 Å². The van der Waals surface area contributed by atoms with E-state index < -0.39 is 0 Å². The number of piperazine rings is 1. The van der Waals surface area contributed by atoms with Gasteiger partial charge in [-0.15, -0.1) is 0 Å². The Balaban J connectivity index is 1.39. The molecule has 1 saturated carbocycles. The summed E-state index contributed by atoms with van der Waals surface area (Å²) in [5.41, 5.74) is 0.853. The average molecular weight is 420 g/mol. The summed E-state index contributed by atoms with van der Waals surface area (Å²) < 4.78 is 18.9. The van der Waals surface area contributed by atoms with Crippen molar-refractivity contribution >= 4 is 11.9 Å². The highest BCUT2D eigenvalue weighted by molar-refractivity contribution is 5.80. The van der Waals surface area contributed by atoms with Crippen molar-refractivity contribution in [1.82, 2.24) is 20.0 Å². The number of methoxy groups -OCH3 is 1. The number of carbonyl (C=O) groups is 1. The predicted octanol–water partition coefficient (Wildman–Crippen LogP) is 1.79. The van der Waals surface area contributed by atoms with Gasteiger partial charge in [0.05, 0.1) is 7.11 Å². The molecule has 0 radical (unpaired) electrons. The molecular formula is C22H34FN5O2. The highest BCUT2D eigenvalue weighted by Gasteiger charge is 2.31. The van der Waals surface area contributed by atoms with Gasteiger partial charge in [-0.25, -0.2) is 4.39 Å². The first-order valence-corrected chi connectivity index (χ1v) is 10.8. The molecule has 0 atom stereocenters. The molecule has 0 aromatic heterocycles. The number of nitrogens with zero attached hydrogens (tertiary/aromatic N) is 4. The maximum atomic E-state index is 13.9. The Morgan fingerprint density at radius 1 is 1.30 bits per heavy atom. The van der Waals surface area contributed by atoms with Crippen LogP contribution in [0.2, 0.25) is 0 Å². The summed E-state index contributed by atoms with van der Waals surface area (Å²) in [7, 11) is 5.14. The third-order valence-corrected chi connectivity index (χ3v) is 6.06.